The number of aromatic nitrogens is 1. The SMILES string of the molecule is CCCCCCCOc1cnccc1-c1ccccc1OCCCCCC(C)CC. The largest absolute Gasteiger partial charge is 0.493 e. The van der Waals surface area contributed by atoms with E-state index in [1.165, 1.54) is 51.4 Å². The molecule has 0 fully saturated rings. The third kappa shape index (κ3) is 8.77. The summed E-state index contributed by atoms with van der Waals surface area (Å²) in [5.41, 5.74) is 2.14. The topological polar surface area (TPSA) is 31.4 Å². The van der Waals surface area contributed by atoms with Gasteiger partial charge in [0.2, 0.25) is 0 Å². The van der Waals surface area contributed by atoms with Crippen molar-refractivity contribution < 1.29 is 9.47 Å². The number of ether oxygens (including phenoxy) is 2. The summed E-state index contributed by atoms with van der Waals surface area (Å²) in [5.74, 6) is 2.61. The van der Waals surface area contributed by atoms with Gasteiger partial charge in [-0.25, -0.2) is 0 Å². The van der Waals surface area contributed by atoms with E-state index in [1.54, 1.807) is 0 Å². The minimum atomic E-state index is 0.738. The van der Waals surface area contributed by atoms with E-state index in [9.17, 15) is 0 Å². The Morgan fingerprint density at radius 3 is 2.20 bits per heavy atom. The van der Waals surface area contributed by atoms with E-state index in [0.717, 1.165) is 54.6 Å². The van der Waals surface area contributed by atoms with Crippen molar-refractivity contribution in [2.75, 3.05) is 13.2 Å². The first kappa shape index (κ1) is 24.2. The van der Waals surface area contributed by atoms with Gasteiger partial charge in [0.25, 0.3) is 0 Å². The monoisotopic (exact) mass is 411 g/mol. The molecule has 1 aromatic heterocycles. The Kier molecular flexibility index (Phi) is 12.0. The molecule has 166 valence electrons. The van der Waals surface area contributed by atoms with Gasteiger partial charge in [0.05, 0.1) is 19.4 Å². The predicted molar refractivity (Wildman–Crippen MR) is 127 cm³/mol. The van der Waals surface area contributed by atoms with Gasteiger partial charge in [0, 0.05) is 17.3 Å². The molecule has 0 amide bonds. The minimum absolute atomic E-state index is 0.738. The highest BCUT2D eigenvalue weighted by Gasteiger charge is 2.12. The van der Waals surface area contributed by atoms with Gasteiger partial charge >= 0.3 is 0 Å². The normalized spacial score (nSPS) is 12.0. The van der Waals surface area contributed by atoms with Crippen LogP contribution in [0.4, 0.5) is 0 Å². The van der Waals surface area contributed by atoms with E-state index in [2.05, 4.69) is 44.0 Å². The summed E-state index contributed by atoms with van der Waals surface area (Å²) in [6.07, 6.45) is 16.0. The van der Waals surface area contributed by atoms with Gasteiger partial charge < -0.3 is 9.47 Å². The van der Waals surface area contributed by atoms with E-state index < -0.39 is 0 Å². The molecule has 0 saturated carbocycles. The third-order valence-electron chi connectivity index (χ3n) is 5.76. The van der Waals surface area contributed by atoms with Crippen molar-refractivity contribution in [2.24, 2.45) is 5.92 Å². The molecule has 3 heteroatoms. The number of pyridine rings is 1. The molecule has 0 aliphatic carbocycles. The molecule has 0 aliphatic heterocycles. The molecule has 30 heavy (non-hydrogen) atoms. The molecule has 2 aromatic rings. The first-order valence-corrected chi connectivity index (χ1v) is 12.0. The molecule has 0 N–H and O–H groups in total. The van der Waals surface area contributed by atoms with Gasteiger partial charge in [-0.3, -0.25) is 4.98 Å². The van der Waals surface area contributed by atoms with Crippen LogP contribution in [-0.4, -0.2) is 18.2 Å². The molecule has 0 radical (unpaired) electrons. The molecule has 0 bridgehead atoms. The highest BCUT2D eigenvalue weighted by Crippen LogP contribution is 2.36. The lowest BCUT2D eigenvalue weighted by atomic mass is 10.0. The Morgan fingerprint density at radius 2 is 1.43 bits per heavy atom. The average Bonchev–Trinajstić information content (AvgIpc) is 2.79. The summed E-state index contributed by atoms with van der Waals surface area (Å²) < 4.78 is 12.3. The first-order chi connectivity index (χ1) is 14.8. The lowest BCUT2D eigenvalue weighted by Crippen LogP contribution is -2.02. The Hall–Kier alpha value is -2.03. The Balaban J connectivity index is 1.90. The molecular weight excluding hydrogens is 370 g/mol. The summed E-state index contributed by atoms with van der Waals surface area (Å²) in [7, 11) is 0. The molecule has 0 spiro atoms. The van der Waals surface area contributed by atoms with Crippen LogP contribution in [0.25, 0.3) is 11.1 Å². The fourth-order valence-corrected chi connectivity index (χ4v) is 3.58. The number of para-hydroxylation sites is 1. The van der Waals surface area contributed by atoms with E-state index in [0.29, 0.717) is 0 Å². The second-order valence-corrected chi connectivity index (χ2v) is 8.34. The highest BCUT2D eigenvalue weighted by atomic mass is 16.5. The number of hydrogen-bond acceptors (Lipinski definition) is 3. The zero-order valence-corrected chi connectivity index (χ0v) is 19.4. The number of rotatable bonds is 16. The maximum atomic E-state index is 6.17. The van der Waals surface area contributed by atoms with E-state index >= 15 is 0 Å². The number of hydrogen-bond donors (Lipinski definition) is 0. The van der Waals surface area contributed by atoms with Crippen LogP contribution in [0.1, 0.15) is 85.0 Å². The Morgan fingerprint density at radius 1 is 0.767 bits per heavy atom. The second kappa shape index (κ2) is 14.9. The van der Waals surface area contributed by atoms with Crippen molar-refractivity contribution in [3.05, 3.63) is 42.7 Å². The van der Waals surface area contributed by atoms with Gasteiger partial charge in [-0.1, -0.05) is 90.3 Å². The van der Waals surface area contributed by atoms with Gasteiger partial charge in [0.15, 0.2) is 0 Å². The molecule has 1 aromatic carbocycles. The van der Waals surface area contributed by atoms with Gasteiger partial charge in [0.1, 0.15) is 11.5 Å². The van der Waals surface area contributed by atoms with Crippen LogP contribution in [-0.2, 0) is 0 Å². The van der Waals surface area contributed by atoms with Crippen molar-refractivity contribution in [1.82, 2.24) is 4.98 Å². The Bertz CT molecular complexity index is 701. The maximum Gasteiger partial charge on any atom is 0.145 e. The van der Waals surface area contributed by atoms with Crippen LogP contribution in [0.15, 0.2) is 42.7 Å². The van der Waals surface area contributed by atoms with Crippen LogP contribution >= 0.6 is 0 Å². The molecule has 1 unspecified atom stereocenters. The standard InChI is InChI=1S/C27H41NO2/c1-4-6-7-8-13-21-30-27-22-28-19-18-25(27)24-16-11-12-17-26(24)29-20-14-9-10-15-23(3)5-2/h11-12,16-19,22-23H,4-10,13-15,20-21H2,1-3H3. The maximum absolute atomic E-state index is 6.17. The third-order valence-corrected chi connectivity index (χ3v) is 5.76. The lowest BCUT2D eigenvalue weighted by molar-refractivity contribution is 0.300. The lowest BCUT2D eigenvalue weighted by Gasteiger charge is -2.15. The van der Waals surface area contributed by atoms with Crippen molar-refractivity contribution in [3.63, 3.8) is 0 Å². The molecule has 1 heterocycles. The molecule has 0 saturated heterocycles. The smallest absolute Gasteiger partial charge is 0.145 e. The summed E-state index contributed by atoms with van der Waals surface area (Å²) >= 11 is 0. The zero-order chi connectivity index (χ0) is 21.4. The first-order valence-electron chi connectivity index (χ1n) is 12.0. The van der Waals surface area contributed by atoms with Gasteiger partial charge in [-0.05, 0) is 30.9 Å². The predicted octanol–water partition coefficient (Wildman–Crippen LogP) is 8.08. The molecular formula is C27H41NO2. The fraction of sp³-hybridized carbons (Fsp3) is 0.593. The molecule has 1 atom stereocenters. The Labute approximate surface area is 184 Å². The molecule has 0 aliphatic rings. The zero-order valence-electron chi connectivity index (χ0n) is 19.4. The van der Waals surface area contributed by atoms with Crippen LogP contribution in [0.2, 0.25) is 0 Å². The fourth-order valence-electron chi connectivity index (χ4n) is 3.58. The summed E-state index contributed by atoms with van der Waals surface area (Å²) in [6.45, 7) is 8.35. The molecule has 3 nitrogen and oxygen atoms in total. The average molecular weight is 412 g/mol. The second-order valence-electron chi connectivity index (χ2n) is 8.34. The van der Waals surface area contributed by atoms with E-state index in [4.69, 9.17) is 9.47 Å². The van der Waals surface area contributed by atoms with Crippen LogP contribution in [0.3, 0.4) is 0 Å². The molecule has 2 rings (SSSR count). The van der Waals surface area contributed by atoms with Crippen LogP contribution < -0.4 is 9.47 Å². The van der Waals surface area contributed by atoms with Gasteiger partial charge in [-0.15, -0.1) is 0 Å². The number of benzene rings is 1. The minimum Gasteiger partial charge on any atom is -0.493 e. The quantitative estimate of drug-likeness (QED) is 0.262. The number of unbranched alkanes of at least 4 members (excludes halogenated alkanes) is 6. The highest BCUT2D eigenvalue weighted by molar-refractivity contribution is 5.75. The van der Waals surface area contributed by atoms with E-state index in [-0.39, 0.29) is 0 Å². The summed E-state index contributed by atoms with van der Waals surface area (Å²) in [6, 6.07) is 10.3. The van der Waals surface area contributed by atoms with Crippen molar-refractivity contribution in [1.29, 1.82) is 0 Å². The van der Waals surface area contributed by atoms with Crippen molar-refractivity contribution in [3.8, 4) is 22.6 Å². The van der Waals surface area contributed by atoms with Crippen LogP contribution in [0, 0.1) is 5.92 Å². The van der Waals surface area contributed by atoms with Crippen LogP contribution in [0.5, 0.6) is 11.5 Å². The van der Waals surface area contributed by atoms with Crippen molar-refractivity contribution in [2.45, 2.75) is 85.0 Å². The summed E-state index contributed by atoms with van der Waals surface area (Å²) in [5, 5.41) is 0. The van der Waals surface area contributed by atoms with E-state index in [1.807, 2.05) is 24.5 Å². The number of nitrogens with zero attached hydrogens (tertiary/aromatic N) is 1. The van der Waals surface area contributed by atoms with Gasteiger partial charge in [-0.2, -0.15) is 0 Å². The van der Waals surface area contributed by atoms with Crippen molar-refractivity contribution >= 4 is 0 Å². The summed E-state index contributed by atoms with van der Waals surface area (Å²) in [4.78, 5) is 4.28.